The molecule has 1 amide bonds. The molecule has 1 aromatic rings. The van der Waals surface area contributed by atoms with Gasteiger partial charge in [0.25, 0.3) is 0 Å². The standard InChI is InChI=1S/C14H18N2O3/c1-9(13(17)15-2)16-8-7-10-5-3-4-6-11(10)12(16)14(18)19/h3-6,9,12H,7-8H2,1-2H3,(H,15,17)(H,18,19). The van der Waals surface area contributed by atoms with Crippen LogP contribution in [0.15, 0.2) is 24.3 Å². The lowest BCUT2D eigenvalue weighted by Gasteiger charge is -2.37. The van der Waals surface area contributed by atoms with Crippen LogP contribution in [0.2, 0.25) is 0 Å². The first-order valence-electron chi connectivity index (χ1n) is 6.34. The van der Waals surface area contributed by atoms with E-state index in [0.29, 0.717) is 6.54 Å². The summed E-state index contributed by atoms with van der Waals surface area (Å²) in [6, 6.07) is 6.32. The Balaban J connectivity index is 2.37. The second kappa shape index (κ2) is 5.40. The number of likely N-dealkylation sites (N-methyl/N-ethyl adjacent to an activating group) is 1. The summed E-state index contributed by atoms with van der Waals surface area (Å²) in [6.45, 7) is 2.31. The monoisotopic (exact) mass is 262 g/mol. The number of rotatable bonds is 3. The van der Waals surface area contributed by atoms with Crippen molar-refractivity contribution in [3.63, 3.8) is 0 Å². The molecule has 2 rings (SSSR count). The van der Waals surface area contributed by atoms with E-state index in [9.17, 15) is 14.7 Å². The molecule has 2 N–H and O–H groups in total. The molecular formula is C14H18N2O3. The number of carbonyl (C=O) groups is 2. The van der Waals surface area contributed by atoms with E-state index in [4.69, 9.17) is 0 Å². The molecule has 0 saturated heterocycles. The average molecular weight is 262 g/mol. The molecular weight excluding hydrogens is 244 g/mol. The quantitative estimate of drug-likeness (QED) is 0.845. The van der Waals surface area contributed by atoms with E-state index in [1.54, 1.807) is 18.9 Å². The lowest BCUT2D eigenvalue weighted by atomic mass is 9.91. The summed E-state index contributed by atoms with van der Waals surface area (Å²) in [5.74, 6) is -1.08. The number of carboxylic acids is 1. The molecule has 102 valence electrons. The minimum atomic E-state index is -0.914. The van der Waals surface area contributed by atoms with Gasteiger partial charge in [-0.1, -0.05) is 24.3 Å². The topological polar surface area (TPSA) is 69.6 Å². The number of hydrogen-bond acceptors (Lipinski definition) is 3. The zero-order valence-corrected chi connectivity index (χ0v) is 11.1. The van der Waals surface area contributed by atoms with Crippen LogP contribution in [0.1, 0.15) is 24.1 Å². The van der Waals surface area contributed by atoms with E-state index in [1.807, 2.05) is 24.3 Å². The number of amides is 1. The van der Waals surface area contributed by atoms with Gasteiger partial charge in [0.05, 0.1) is 6.04 Å². The summed E-state index contributed by atoms with van der Waals surface area (Å²) < 4.78 is 0. The van der Waals surface area contributed by atoms with Crippen molar-refractivity contribution in [3.8, 4) is 0 Å². The van der Waals surface area contributed by atoms with Crippen LogP contribution in [0.3, 0.4) is 0 Å². The van der Waals surface area contributed by atoms with Gasteiger partial charge < -0.3 is 10.4 Å². The van der Waals surface area contributed by atoms with Gasteiger partial charge in [-0.2, -0.15) is 0 Å². The Morgan fingerprint density at radius 2 is 2.11 bits per heavy atom. The van der Waals surface area contributed by atoms with Crippen LogP contribution >= 0.6 is 0 Å². The molecule has 1 heterocycles. The van der Waals surface area contributed by atoms with Crippen LogP contribution in [0.4, 0.5) is 0 Å². The van der Waals surface area contributed by atoms with Crippen LogP contribution < -0.4 is 5.32 Å². The third-order valence-corrected chi connectivity index (χ3v) is 3.68. The number of carboxylic acid groups (broad SMARTS) is 1. The average Bonchev–Trinajstić information content (AvgIpc) is 2.44. The van der Waals surface area contributed by atoms with E-state index >= 15 is 0 Å². The van der Waals surface area contributed by atoms with Crippen molar-refractivity contribution >= 4 is 11.9 Å². The van der Waals surface area contributed by atoms with Crippen molar-refractivity contribution in [3.05, 3.63) is 35.4 Å². The zero-order chi connectivity index (χ0) is 14.0. The van der Waals surface area contributed by atoms with E-state index in [0.717, 1.165) is 17.5 Å². The summed E-state index contributed by atoms with van der Waals surface area (Å²) in [7, 11) is 1.56. The van der Waals surface area contributed by atoms with Gasteiger partial charge >= 0.3 is 5.97 Å². The second-order valence-electron chi connectivity index (χ2n) is 4.72. The molecule has 0 spiro atoms. The Bertz CT molecular complexity index is 501. The lowest BCUT2D eigenvalue weighted by molar-refractivity contribution is -0.146. The second-order valence-corrected chi connectivity index (χ2v) is 4.72. The van der Waals surface area contributed by atoms with Crippen LogP contribution in [0, 0.1) is 0 Å². The Morgan fingerprint density at radius 3 is 2.74 bits per heavy atom. The minimum absolute atomic E-state index is 0.161. The van der Waals surface area contributed by atoms with Crippen LogP contribution in [0.25, 0.3) is 0 Å². The van der Waals surface area contributed by atoms with Crippen molar-refractivity contribution < 1.29 is 14.7 Å². The smallest absolute Gasteiger partial charge is 0.325 e. The predicted molar refractivity (Wildman–Crippen MR) is 70.8 cm³/mol. The van der Waals surface area contributed by atoms with Gasteiger partial charge in [0.1, 0.15) is 6.04 Å². The molecule has 0 bridgehead atoms. The summed E-state index contributed by atoms with van der Waals surface area (Å²) in [5, 5.41) is 12.1. The number of hydrogen-bond donors (Lipinski definition) is 2. The molecule has 5 heteroatoms. The fraction of sp³-hybridized carbons (Fsp3) is 0.429. The number of benzene rings is 1. The highest BCUT2D eigenvalue weighted by molar-refractivity contribution is 5.83. The Kier molecular flexibility index (Phi) is 3.85. The molecule has 1 aromatic carbocycles. The summed E-state index contributed by atoms with van der Waals surface area (Å²) in [6.07, 6.45) is 0.765. The van der Waals surface area contributed by atoms with Gasteiger partial charge in [0, 0.05) is 13.6 Å². The highest BCUT2D eigenvalue weighted by Gasteiger charge is 2.37. The van der Waals surface area contributed by atoms with Crippen molar-refractivity contribution in [2.45, 2.75) is 25.4 Å². The number of aliphatic carboxylic acids is 1. The number of fused-ring (bicyclic) bond motifs is 1. The molecule has 19 heavy (non-hydrogen) atoms. The van der Waals surface area contributed by atoms with Crippen molar-refractivity contribution in [1.29, 1.82) is 0 Å². The summed E-state index contributed by atoms with van der Waals surface area (Å²) in [5.41, 5.74) is 1.84. The lowest BCUT2D eigenvalue weighted by Crippen LogP contribution is -2.50. The molecule has 2 unspecified atom stereocenters. The van der Waals surface area contributed by atoms with Crippen LogP contribution in [-0.2, 0) is 16.0 Å². The predicted octanol–water partition coefficient (Wildman–Crippen LogP) is 0.805. The minimum Gasteiger partial charge on any atom is -0.480 e. The first-order valence-corrected chi connectivity index (χ1v) is 6.34. The van der Waals surface area contributed by atoms with Crippen molar-refractivity contribution in [1.82, 2.24) is 10.2 Å². The third kappa shape index (κ3) is 2.46. The molecule has 0 radical (unpaired) electrons. The van der Waals surface area contributed by atoms with Gasteiger partial charge in [-0.05, 0) is 24.5 Å². The molecule has 1 aliphatic rings. The fourth-order valence-corrected chi connectivity index (χ4v) is 2.64. The maximum atomic E-state index is 11.7. The largest absolute Gasteiger partial charge is 0.480 e. The Hall–Kier alpha value is -1.88. The van der Waals surface area contributed by atoms with E-state index < -0.39 is 18.1 Å². The van der Waals surface area contributed by atoms with Gasteiger partial charge in [-0.25, -0.2) is 0 Å². The molecule has 0 aromatic heterocycles. The molecule has 5 nitrogen and oxygen atoms in total. The maximum Gasteiger partial charge on any atom is 0.325 e. The van der Waals surface area contributed by atoms with Gasteiger partial charge in [0.15, 0.2) is 0 Å². The third-order valence-electron chi connectivity index (χ3n) is 3.68. The zero-order valence-electron chi connectivity index (χ0n) is 11.1. The highest BCUT2D eigenvalue weighted by atomic mass is 16.4. The normalized spacial score (nSPS) is 20.4. The number of nitrogens with zero attached hydrogens (tertiary/aromatic N) is 1. The van der Waals surface area contributed by atoms with Crippen LogP contribution in [0.5, 0.6) is 0 Å². The van der Waals surface area contributed by atoms with E-state index in [2.05, 4.69) is 5.32 Å². The molecule has 0 saturated carbocycles. The van der Waals surface area contributed by atoms with Crippen molar-refractivity contribution in [2.75, 3.05) is 13.6 Å². The SMILES string of the molecule is CNC(=O)C(C)N1CCc2ccccc2C1C(=O)O. The number of carbonyl (C=O) groups excluding carboxylic acids is 1. The highest BCUT2D eigenvalue weighted by Crippen LogP contribution is 2.31. The summed E-state index contributed by atoms with van der Waals surface area (Å²) in [4.78, 5) is 25.1. The molecule has 0 aliphatic carbocycles. The molecule has 2 atom stereocenters. The van der Waals surface area contributed by atoms with E-state index in [-0.39, 0.29) is 5.91 Å². The maximum absolute atomic E-state index is 11.7. The van der Waals surface area contributed by atoms with E-state index in [1.165, 1.54) is 0 Å². The molecule has 0 fully saturated rings. The first-order chi connectivity index (χ1) is 9.06. The van der Waals surface area contributed by atoms with Gasteiger partial charge in [0.2, 0.25) is 5.91 Å². The van der Waals surface area contributed by atoms with Gasteiger partial charge in [-0.3, -0.25) is 14.5 Å². The summed E-state index contributed by atoms with van der Waals surface area (Å²) >= 11 is 0. The van der Waals surface area contributed by atoms with Crippen LogP contribution in [-0.4, -0.2) is 41.5 Å². The number of nitrogens with one attached hydrogen (secondary N) is 1. The van der Waals surface area contributed by atoms with Gasteiger partial charge in [-0.15, -0.1) is 0 Å². The molecule has 1 aliphatic heterocycles. The first kappa shape index (κ1) is 13.5. The Labute approximate surface area is 112 Å². The Morgan fingerprint density at radius 1 is 1.42 bits per heavy atom. The van der Waals surface area contributed by atoms with Crippen molar-refractivity contribution in [2.24, 2.45) is 0 Å². The fourth-order valence-electron chi connectivity index (χ4n) is 2.64.